The molecule has 0 saturated carbocycles. The van der Waals surface area contributed by atoms with Crippen LogP contribution >= 0.6 is 0 Å². The van der Waals surface area contributed by atoms with Gasteiger partial charge < -0.3 is 4.90 Å². The van der Waals surface area contributed by atoms with Crippen molar-refractivity contribution >= 4 is 5.91 Å². The summed E-state index contributed by atoms with van der Waals surface area (Å²) in [6, 6.07) is 2.03. The monoisotopic (exact) mass is 204 g/mol. The van der Waals surface area contributed by atoms with Crippen LogP contribution in [0.5, 0.6) is 0 Å². The summed E-state index contributed by atoms with van der Waals surface area (Å²) < 4.78 is 0. The topological polar surface area (TPSA) is 44.1 Å². The van der Waals surface area contributed by atoms with E-state index in [0.29, 0.717) is 12.1 Å². The molecule has 0 aliphatic rings. The van der Waals surface area contributed by atoms with Gasteiger partial charge in [0.15, 0.2) is 0 Å². The van der Waals surface area contributed by atoms with Crippen molar-refractivity contribution in [2.24, 2.45) is 0 Å². The summed E-state index contributed by atoms with van der Waals surface area (Å²) in [5, 5.41) is 8.62. The van der Waals surface area contributed by atoms with E-state index in [9.17, 15) is 4.79 Å². The molecule has 80 valence electrons. The lowest BCUT2D eigenvalue weighted by Gasteiger charge is -2.19. The highest BCUT2D eigenvalue weighted by molar-refractivity contribution is 5.78. The Labute approximate surface area is 91.0 Å². The molecule has 0 heterocycles. The zero-order chi connectivity index (χ0) is 11.8. The molecule has 3 nitrogen and oxygen atoms in total. The molecule has 0 rings (SSSR count). The molecule has 15 heavy (non-hydrogen) atoms. The predicted molar refractivity (Wildman–Crippen MR) is 60.7 cm³/mol. The van der Waals surface area contributed by atoms with Gasteiger partial charge in [0.1, 0.15) is 0 Å². The second-order valence-corrected chi connectivity index (χ2v) is 2.96. The van der Waals surface area contributed by atoms with E-state index in [1.54, 1.807) is 26.1 Å². The number of carbonyl (C=O) groups is 1. The van der Waals surface area contributed by atoms with Gasteiger partial charge in [0, 0.05) is 19.2 Å². The van der Waals surface area contributed by atoms with E-state index in [1.165, 1.54) is 4.90 Å². The van der Waals surface area contributed by atoms with Crippen molar-refractivity contribution < 1.29 is 4.79 Å². The second-order valence-electron chi connectivity index (χ2n) is 2.96. The first-order valence-electron chi connectivity index (χ1n) is 4.73. The van der Waals surface area contributed by atoms with Crippen LogP contribution in [0.3, 0.4) is 0 Å². The molecule has 0 atom stereocenters. The maximum absolute atomic E-state index is 11.5. The fraction of sp³-hybridized carbons (Fsp3) is 0.333. The third-order valence-electron chi connectivity index (χ3n) is 2.08. The van der Waals surface area contributed by atoms with Crippen molar-refractivity contribution in [3.05, 3.63) is 36.6 Å². The van der Waals surface area contributed by atoms with E-state index in [-0.39, 0.29) is 12.3 Å². The Kier molecular flexibility index (Phi) is 5.81. The number of hydrogen-bond donors (Lipinski definition) is 0. The maximum Gasteiger partial charge on any atom is 0.226 e. The molecular formula is C12H16N2O. The van der Waals surface area contributed by atoms with Crippen molar-refractivity contribution in [2.45, 2.75) is 19.8 Å². The number of amides is 1. The lowest BCUT2D eigenvalue weighted by molar-refractivity contribution is -0.127. The summed E-state index contributed by atoms with van der Waals surface area (Å²) in [6.07, 6.45) is 3.80. The summed E-state index contributed by atoms with van der Waals surface area (Å²) in [5.74, 6) is -0.0119. The number of nitrogens with zero attached hydrogens (tertiary/aromatic N) is 2. The normalized spacial score (nSPS) is 11.0. The highest BCUT2D eigenvalue weighted by Crippen LogP contribution is 2.15. The standard InChI is InChI=1S/C12H16N2O/c1-5-10(8-9-13)11(6-2)14(4)12(15)7-3/h5-6H,1-2,7-8H2,3-4H3/b11-10-. The summed E-state index contributed by atoms with van der Waals surface area (Å²) >= 11 is 0. The molecule has 1 amide bonds. The lowest BCUT2D eigenvalue weighted by atomic mass is 10.1. The number of rotatable bonds is 5. The average Bonchev–Trinajstić information content (AvgIpc) is 2.27. The summed E-state index contributed by atoms with van der Waals surface area (Å²) in [7, 11) is 1.67. The molecule has 0 aromatic rings. The average molecular weight is 204 g/mol. The zero-order valence-corrected chi connectivity index (χ0v) is 9.29. The van der Waals surface area contributed by atoms with Gasteiger partial charge in [-0.15, -0.1) is 0 Å². The number of likely N-dealkylation sites (N-methyl/N-ethyl adjacent to an activating group) is 1. The Bertz CT molecular complexity index is 334. The summed E-state index contributed by atoms with van der Waals surface area (Å²) in [6.45, 7) is 9.05. The molecule has 0 spiro atoms. The Morgan fingerprint density at radius 1 is 1.47 bits per heavy atom. The van der Waals surface area contributed by atoms with E-state index in [2.05, 4.69) is 13.2 Å². The molecule has 0 unspecified atom stereocenters. The van der Waals surface area contributed by atoms with Gasteiger partial charge in [0.25, 0.3) is 0 Å². The minimum atomic E-state index is -0.0119. The van der Waals surface area contributed by atoms with Gasteiger partial charge in [-0.05, 0) is 11.6 Å². The first kappa shape index (κ1) is 13.2. The van der Waals surface area contributed by atoms with Crippen LogP contribution in [0.4, 0.5) is 0 Å². The molecule has 0 aliphatic carbocycles. The number of allylic oxidation sites excluding steroid dienone is 3. The smallest absolute Gasteiger partial charge is 0.226 e. The molecule has 0 saturated heterocycles. The van der Waals surface area contributed by atoms with E-state index < -0.39 is 0 Å². The first-order chi connectivity index (χ1) is 7.12. The van der Waals surface area contributed by atoms with Gasteiger partial charge in [-0.3, -0.25) is 4.79 Å². The summed E-state index contributed by atoms with van der Waals surface area (Å²) in [5.41, 5.74) is 1.37. The largest absolute Gasteiger partial charge is 0.315 e. The second kappa shape index (κ2) is 6.61. The fourth-order valence-corrected chi connectivity index (χ4v) is 1.21. The van der Waals surface area contributed by atoms with Crippen LogP contribution in [0.2, 0.25) is 0 Å². The van der Waals surface area contributed by atoms with Gasteiger partial charge >= 0.3 is 0 Å². The highest BCUT2D eigenvalue weighted by atomic mass is 16.2. The van der Waals surface area contributed by atoms with Crippen LogP contribution < -0.4 is 0 Å². The predicted octanol–water partition coefficient (Wildman–Crippen LogP) is 2.39. The SMILES string of the molecule is C=C/C(CC#N)=C(\C=C)N(C)C(=O)CC. The van der Waals surface area contributed by atoms with Gasteiger partial charge in [0.2, 0.25) is 5.91 Å². The number of nitriles is 1. The van der Waals surface area contributed by atoms with Gasteiger partial charge in [-0.1, -0.05) is 26.2 Å². The fourth-order valence-electron chi connectivity index (χ4n) is 1.21. The van der Waals surface area contributed by atoms with E-state index in [4.69, 9.17) is 5.26 Å². The van der Waals surface area contributed by atoms with E-state index in [0.717, 1.165) is 5.57 Å². The Morgan fingerprint density at radius 3 is 2.40 bits per heavy atom. The lowest BCUT2D eigenvalue weighted by Crippen LogP contribution is -2.25. The Hall–Kier alpha value is -1.82. The number of carbonyl (C=O) groups excluding carboxylic acids is 1. The van der Waals surface area contributed by atoms with Crippen molar-refractivity contribution in [1.82, 2.24) is 4.90 Å². The number of hydrogen-bond acceptors (Lipinski definition) is 2. The van der Waals surface area contributed by atoms with E-state index >= 15 is 0 Å². The molecule has 0 aromatic heterocycles. The van der Waals surface area contributed by atoms with Crippen LogP contribution in [-0.2, 0) is 4.79 Å². The highest BCUT2D eigenvalue weighted by Gasteiger charge is 2.11. The van der Waals surface area contributed by atoms with Crippen LogP contribution in [0.1, 0.15) is 19.8 Å². The third-order valence-corrected chi connectivity index (χ3v) is 2.08. The van der Waals surface area contributed by atoms with Gasteiger partial charge in [0.05, 0.1) is 12.5 Å². The molecule has 3 heteroatoms. The molecule has 0 bridgehead atoms. The van der Waals surface area contributed by atoms with Crippen molar-refractivity contribution in [3.63, 3.8) is 0 Å². The molecule has 0 aromatic carbocycles. The molecule has 0 fully saturated rings. The third kappa shape index (κ3) is 3.43. The molecule has 0 N–H and O–H groups in total. The summed E-state index contributed by atoms with van der Waals surface area (Å²) in [4.78, 5) is 13.0. The molecular weight excluding hydrogens is 188 g/mol. The minimum Gasteiger partial charge on any atom is -0.315 e. The minimum absolute atomic E-state index is 0.0119. The van der Waals surface area contributed by atoms with E-state index in [1.807, 2.05) is 6.07 Å². The Morgan fingerprint density at radius 2 is 2.07 bits per heavy atom. The Balaban J connectivity index is 5.18. The van der Waals surface area contributed by atoms with Gasteiger partial charge in [-0.25, -0.2) is 0 Å². The van der Waals surface area contributed by atoms with Crippen molar-refractivity contribution in [1.29, 1.82) is 5.26 Å². The van der Waals surface area contributed by atoms with Crippen LogP contribution in [0.15, 0.2) is 36.6 Å². The van der Waals surface area contributed by atoms with Crippen LogP contribution in [-0.4, -0.2) is 17.9 Å². The molecule has 0 aliphatic heterocycles. The quantitative estimate of drug-likeness (QED) is 0.645. The van der Waals surface area contributed by atoms with Gasteiger partial charge in [-0.2, -0.15) is 5.26 Å². The van der Waals surface area contributed by atoms with Crippen LogP contribution in [0.25, 0.3) is 0 Å². The molecule has 0 radical (unpaired) electrons. The zero-order valence-electron chi connectivity index (χ0n) is 9.29. The van der Waals surface area contributed by atoms with Crippen LogP contribution in [0, 0.1) is 11.3 Å². The van der Waals surface area contributed by atoms with Crippen molar-refractivity contribution in [3.8, 4) is 6.07 Å². The first-order valence-corrected chi connectivity index (χ1v) is 4.73. The van der Waals surface area contributed by atoms with Crippen molar-refractivity contribution in [2.75, 3.05) is 7.05 Å². The maximum atomic E-state index is 11.5.